The van der Waals surface area contributed by atoms with Gasteiger partial charge in [0.25, 0.3) is 11.3 Å². The molecule has 1 heterocycles. The second kappa shape index (κ2) is 6.12. The molecule has 24 heavy (non-hydrogen) atoms. The van der Waals surface area contributed by atoms with E-state index in [-0.39, 0.29) is 22.4 Å². The summed E-state index contributed by atoms with van der Waals surface area (Å²) in [5, 5.41) is 12.4. The first-order valence-corrected chi connectivity index (χ1v) is 7.52. The van der Waals surface area contributed by atoms with E-state index in [0.29, 0.717) is 9.16 Å². The standard InChI is InChI=1S/C19H16N2O3/c1-13-8-10-16-17(12-13)21(24)19(14(2)20(16)23)18(22)11-9-15-6-4-3-5-7-15/h3-12H,1-2H3/b11-9+. The van der Waals surface area contributed by atoms with Crippen LogP contribution in [-0.4, -0.2) is 10.5 Å². The first kappa shape index (κ1) is 15.7. The lowest BCUT2D eigenvalue weighted by Gasteiger charge is -2.15. The summed E-state index contributed by atoms with van der Waals surface area (Å²) in [4.78, 5) is 25.1. The van der Waals surface area contributed by atoms with Crippen LogP contribution in [0.5, 0.6) is 0 Å². The molecule has 3 aromatic rings. The maximum Gasteiger partial charge on any atom is 0.329 e. The third-order valence-corrected chi connectivity index (χ3v) is 3.88. The Morgan fingerprint density at radius 2 is 1.83 bits per heavy atom. The molecule has 0 N–H and O–H groups in total. The van der Waals surface area contributed by atoms with Crippen LogP contribution in [0.3, 0.4) is 0 Å². The van der Waals surface area contributed by atoms with E-state index in [0.717, 1.165) is 11.1 Å². The lowest BCUT2D eigenvalue weighted by atomic mass is 10.1. The summed E-state index contributed by atoms with van der Waals surface area (Å²) in [6, 6.07) is 14.2. The van der Waals surface area contributed by atoms with E-state index in [9.17, 15) is 14.9 Å². The number of rotatable bonds is 3. The number of aryl methyl sites for hydroxylation is 1. The van der Waals surface area contributed by atoms with Crippen molar-refractivity contribution in [2.45, 2.75) is 13.8 Å². The van der Waals surface area contributed by atoms with Crippen LogP contribution in [-0.2, 0) is 0 Å². The zero-order valence-corrected chi connectivity index (χ0v) is 13.4. The van der Waals surface area contributed by atoms with Gasteiger partial charge in [-0.3, -0.25) is 4.79 Å². The number of benzene rings is 2. The molecule has 120 valence electrons. The number of allylic oxidation sites excluding steroid dienone is 1. The number of ketones is 1. The van der Waals surface area contributed by atoms with Crippen molar-refractivity contribution in [3.8, 4) is 0 Å². The zero-order valence-electron chi connectivity index (χ0n) is 13.4. The first-order chi connectivity index (χ1) is 11.5. The van der Waals surface area contributed by atoms with Crippen molar-refractivity contribution in [3.63, 3.8) is 0 Å². The second-order valence-electron chi connectivity index (χ2n) is 5.62. The number of hydrogen-bond donors (Lipinski definition) is 0. The molecule has 3 rings (SSSR count). The number of fused-ring (bicyclic) bond motifs is 1. The Labute approximate surface area is 138 Å². The number of nitrogens with zero attached hydrogens (tertiary/aromatic N) is 2. The molecule has 0 unspecified atom stereocenters. The normalized spacial score (nSPS) is 11.2. The Balaban J connectivity index is 2.14. The monoisotopic (exact) mass is 320 g/mol. The molecule has 0 aliphatic carbocycles. The molecule has 1 aromatic heterocycles. The van der Waals surface area contributed by atoms with Gasteiger partial charge in [0.1, 0.15) is 5.52 Å². The van der Waals surface area contributed by atoms with Gasteiger partial charge in [0.05, 0.1) is 10.1 Å². The Morgan fingerprint density at radius 3 is 2.54 bits per heavy atom. The SMILES string of the molecule is Cc1ccc2c(c1)[n+](=O)c(C(=O)/C=C/c1ccccc1)c(C)n2[O-]. The summed E-state index contributed by atoms with van der Waals surface area (Å²) in [6.07, 6.45) is 2.94. The Morgan fingerprint density at radius 1 is 1.12 bits per heavy atom. The van der Waals surface area contributed by atoms with Crippen LogP contribution in [0.1, 0.15) is 27.3 Å². The molecule has 0 radical (unpaired) electrons. The highest BCUT2D eigenvalue weighted by Crippen LogP contribution is 2.16. The fourth-order valence-electron chi connectivity index (χ4n) is 2.61. The molecule has 0 aliphatic rings. The average molecular weight is 320 g/mol. The Kier molecular flexibility index (Phi) is 4.00. The number of carbonyl (C=O) groups is 1. The van der Waals surface area contributed by atoms with Crippen molar-refractivity contribution in [2.24, 2.45) is 0 Å². The predicted octanol–water partition coefficient (Wildman–Crippen LogP) is 3.41. The van der Waals surface area contributed by atoms with Crippen molar-refractivity contribution in [1.29, 1.82) is 0 Å². The van der Waals surface area contributed by atoms with E-state index < -0.39 is 5.78 Å². The van der Waals surface area contributed by atoms with Gasteiger partial charge in [-0.2, -0.15) is 0 Å². The van der Waals surface area contributed by atoms with Gasteiger partial charge in [-0.25, -0.2) is 0 Å². The number of hydrogen-bond acceptors (Lipinski definition) is 3. The summed E-state index contributed by atoms with van der Waals surface area (Å²) in [6.45, 7) is 3.30. The molecular formula is C19H16N2O3. The van der Waals surface area contributed by atoms with Crippen LogP contribution in [0.25, 0.3) is 17.1 Å². The van der Waals surface area contributed by atoms with Crippen LogP contribution in [0, 0.1) is 24.0 Å². The molecule has 0 amide bonds. The van der Waals surface area contributed by atoms with Gasteiger partial charge in [-0.05, 0) is 37.1 Å². The fraction of sp³-hybridized carbons (Fsp3) is 0.105. The zero-order chi connectivity index (χ0) is 17.3. The molecule has 0 spiro atoms. The lowest BCUT2D eigenvalue weighted by molar-refractivity contribution is -0.468. The van der Waals surface area contributed by atoms with E-state index >= 15 is 0 Å². The average Bonchev–Trinajstić information content (AvgIpc) is 2.59. The lowest BCUT2D eigenvalue weighted by Crippen LogP contribution is -2.29. The summed E-state index contributed by atoms with van der Waals surface area (Å²) < 4.78 is 1.18. The van der Waals surface area contributed by atoms with Gasteiger partial charge in [0.2, 0.25) is 0 Å². The quantitative estimate of drug-likeness (QED) is 0.422. The Bertz CT molecular complexity index is 1020. The van der Waals surface area contributed by atoms with E-state index in [1.165, 1.54) is 13.0 Å². The van der Waals surface area contributed by atoms with E-state index in [1.807, 2.05) is 37.3 Å². The summed E-state index contributed by atoms with van der Waals surface area (Å²) in [7, 11) is 0. The van der Waals surface area contributed by atoms with Crippen LogP contribution in [0.15, 0.2) is 54.6 Å². The topological polar surface area (TPSA) is 68.0 Å². The highest BCUT2D eigenvalue weighted by Gasteiger charge is 2.25. The number of aromatic nitrogens is 2. The van der Waals surface area contributed by atoms with Crippen molar-refractivity contribution >= 4 is 22.9 Å². The summed E-state index contributed by atoms with van der Waals surface area (Å²) in [5.74, 6) is -0.501. The van der Waals surface area contributed by atoms with Gasteiger partial charge in [0, 0.05) is 11.0 Å². The highest BCUT2D eigenvalue weighted by molar-refractivity contribution is 6.05. The third-order valence-electron chi connectivity index (χ3n) is 3.88. The summed E-state index contributed by atoms with van der Waals surface area (Å²) >= 11 is 0. The van der Waals surface area contributed by atoms with Crippen molar-refractivity contribution < 1.29 is 9.22 Å². The third kappa shape index (κ3) is 2.72. The number of carbonyl (C=O) groups excluding carboxylic acids is 1. The second-order valence-corrected chi connectivity index (χ2v) is 5.62. The van der Waals surface area contributed by atoms with Gasteiger partial charge in [-0.1, -0.05) is 42.5 Å². The maximum absolute atomic E-state index is 12.6. The maximum atomic E-state index is 12.6. The summed E-state index contributed by atoms with van der Waals surface area (Å²) in [5.41, 5.74) is 2.05. The minimum absolute atomic E-state index is 0.0871. The molecule has 0 fully saturated rings. The molecule has 2 aromatic carbocycles. The van der Waals surface area contributed by atoms with Crippen molar-refractivity contribution in [3.05, 3.63) is 87.2 Å². The van der Waals surface area contributed by atoms with Crippen LogP contribution in [0.2, 0.25) is 0 Å². The van der Waals surface area contributed by atoms with Gasteiger partial charge in [-0.15, -0.1) is 0 Å². The molecule has 0 saturated heterocycles. The van der Waals surface area contributed by atoms with Crippen molar-refractivity contribution in [2.75, 3.05) is 0 Å². The molecule has 0 bridgehead atoms. The van der Waals surface area contributed by atoms with Crippen LogP contribution >= 0.6 is 0 Å². The molecular weight excluding hydrogens is 304 g/mol. The minimum atomic E-state index is -0.501. The van der Waals surface area contributed by atoms with Crippen molar-refractivity contribution in [1.82, 2.24) is 4.73 Å². The minimum Gasteiger partial charge on any atom is -0.805 e. The molecule has 5 heteroatoms. The van der Waals surface area contributed by atoms with Gasteiger partial charge < -0.3 is 9.94 Å². The molecule has 0 saturated carbocycles. The van der Waals surface area contributed by atoms with Gasteiger partial charge >= 0.3 is 5.69 Å². The fourth-order valence-corrected chi connectivity index (χ4v) is 2.61. The molecule has 0 aliphatic heterocycles. The first-order valence-electron chi connectivity index (χ1n) is 7.52. The largest absolute Gasteiger partial charge is 0.805 e. The molecule has 5 nitrogen and oxygen atoms in total. The van der Waals surface area contributed by atoms with Gasteiger partial charge in [0.15, 0.2) is 0 Å². The molecule has 0 atom stereocenters. The van der Waals surface area contributed by atoms with E-state index in [1.54, 1.807) is 24.3 Å². The smallest absolute Gasteiger partial charge is 0.329 e. The Hall–Kier alpha value is -3.21. The van der Waals surface area contributed by atoms with Crippen LogP contribution < -0.4 is 4.43 Å². The highest BCUT2D eigenvalue weighted by atomic mass is 16.5. The van der Waals surface area contributed by atoms with Crippen LogP contribution in [0.4, 0.5) is 0 Å². The van der Waals surface area contributed by atoms with E-state index in [2.05, 4.69) is 0 Å². The predicted molar refractivity (Wildman–Crippen MR) is 93.4 cm³/mol. The van der Waals surface area contributed by atoms with E-state index in [4.69, 9.17) is 0 Å².